The standard InChI is InChI=1S/C17H28N4O/c1-4-18-17(19-5-2)20-12-14-9-10-21(13-14)15-7-6-8-16(11-15)22-3/h6-8,11,14H,4-5,9-10,12-13H2,1-3H3,(H2,18,19,20). The van der Waals surface area contributed by atoms with Gasteiger partial charge >= 0.3 is 0 Å². The average molecular weight is 304 g/mol. The van der Waals surface area contributed by atoms with Gasteiger partial charge in [0.2, 0.25) is 0 Å². The molecule has 0 amide bonds. The summed E-state index contributed by atoms with van der Waals surface area (Å²) in [6.07, 6.45) is 1.19. The van der Waals surface area contributed by atoms with E-state index < -0.39 is 0 Å². The molecule has 0 radical (unpaired) electrons. The van der Waals surface area contributed by atoms with Crippen LogP contribution in [0.3, 0.4) is 0 Å². The van der Waals surface area contributed by atoms with Gasteiger partial charge in [-0.1, -0.05) is 6.07 Å². The fourth-order valence-corrected chi connectivity index (χ4v) is 2.75. The Bertz CT molecular complexity index is 481. The van der Waals surface area contributed by atoms with Crippen LogP contribution in [-0.2, 0) is 0 Å². The van der Waals surface area contributed by atoms with Gasteiger partial charge in [-0.25, -0.2) is 0 Å². The summed E-state index contributed by atoms with van der Waals surface area (Å²) in [5, 5.41) is 6.55. The maximum absolute atomic E-state index is 5.31. The first-order valence-electron chi connectivity index (χ1n) is 8.18. The third-order valence-corrected chi connectivity index (χ3v) is 3.90. The fourth-order valence-electron chi connectivity index (χ4n) is 2.75. The first-order chi connectivity index (χ1) is 10.8. The topological polar surface area (TPSA) is 48.9 Å². The van der Waals surface area contributed by atoms with Crippen molar-refractivity contribution in [2.75, 3.05) is 44.7 Å². The largest absolute Gasteiger partial charge is 0.497 e. The summed E-state index contributed by atoms with van der Waals surface area (Å²) >= 11 is 0. The Labute approximate surface area is 133 Å². The SMILES string of the molecule is CCNC(=NCC1CCN(c2cccc(OC)c2)C1)NCC. The summed E-state index contributed by atoms with van der Waals surface area (Å²) in [7, 11) is 1.71. The van der Waals surface area contributed by atoms with Crippen molar-refractivity contribution in [2.24, 2.45) is 10.9 Å². The third-order valence-electron chi connectivity index (χ3n) is 3.90. The zero-order chi connectivity index (χ0) is 15.8. The summed E-state index contributed by atoms with van der Waals surface area (Å²) in [4.78, 5) is 7.11. The normalized spacial score (nSPS) is 17.2. The molecule has 1 aliphatic rings. The van der Waals surface area contributed by atoms with E-state index >= 15 is 0 Å². The molecule has 1 atom stereocenters. The van der Waals surface area contributed by atoms with Crippen LogP contribution < -0.4 is 20.3 Å². The molecule has 2 N–H and O–H groups in total. The molecule has 0 aliphatic carbocycles. The number of methoxy groups -OCH3 is 1. The number of rotatable bonds is 6. The van der Waals surface area contributed by atoms with Crippen molar-refractivity contribution >= 4 is 11.6 Å². The fraction of sp³-hybridized carbons (Fsp3) is 0.588. The Morgan fingerprint density at radius 1 is 1.32 bits per heavy atom. The van der Waals surface area contributed by atoms with Gasteiger partial charge in [0.05, 0.1) is 7.11 Å². The van der Waals surface area contributed by atoms with E-state index in [1.807, 2.05) is 12.1 Å². The molecular weight excluding hydrogens is 276 g/mol. The van der Waals surface area contributed by atoms with Gasteiger partial charge in [-0.05, 0) is 38.3 Å². The first-order valence-corrected chi connectivity index (χ1v) is 8.18. The quantitative estimate of drug-likeness (QED) is 0.624. The number of nitrogens with one attached hydrogen (secondary N) is 2. The van der Waals surface area contributed by atoms with Crippen LogP contribution >= 0.6 is 0 Å². The molecule has 2 rings (SSSR count). The minimum atomic E-state index is 0.610. The van der Waals surface area contributed by atoms with E-state index in [0.717, 1.165) is 44.4 Å². The van der Waals surface area contributed by atoms with Crippen LogP contribution in [0.15, 0.2) is 29.3 Å². The lowest BCUT2D eigenvalue weighted by atomic mass is 10.1. The molecule has 1 aromatic rings. The summed E-state index contributed by atoms with van der Waals surface area (Å²) in [5.41, 5.74) is 1.24. The van der Waals surface area contributed by atoms with Crippen molar-refractivity contribution in [3.8, 4) is 5.75 Å². The lowest BCUT2D eigenvalue weighted by molar-refractivity contribution is 0.415. The first kappa shape index (κ1) is 16.5. The maximum Gasteiger partial charge on any atom is 0.191 e. The third kappa shape index (κ3) is 4.55. The zero-order valence-corrected chi connectivity index (χ0v) is 13.9. The summed E-state index contributed by atoms with van der Waals surface area (Å²) in [6.45, 7) is 8.99. The Kier molecular flexibility index (Phi) is 6.37. The number of hydrogen-bond donors (Lipinski definition) is 2. The van der Waals surface area contributed by atoms with Crippen LogP contribution in [0.2, 0.25) is 0 Å². The second-order valence-corrected chi connectivity index (χ2v) is 5.55. The molecule has 1 aromatic carbocycles. The highest BCUT2D eigenvalue weighted by atomic mass is 16.5. The Morgan fingerprint density at radius 2 is 2.09 bits per heavy atom. The molecule has 0 aromatic heterocycles. The second kappa shape index (κ2) is 8.51. The van der Waals surface area contributed by atoms with Gasteiger partial charge in [0, 0.05) is 44.5 Å². The molecule has 1 heterocycles. The number of aliphatic imine (C=N–C) groups is 1. The van der Waals surface area contributed by atoms with Gasteiger partial charge in [0.1, 0.15) is 5.75 Å². The average Bonchev–Trinajstić information content (AvgIpc) is 3.02. The number of ether oxygens (including phenoxy) is 1. The smallest absolute Gasteiger partial charge is 0.191 e. The van der Waals surface area contributed by atoms with Gasteiger partial charge in [0.25, 0.3) is 0 Å². The predicted octanol–water partition coefficient (Wildman–Crippen LogP) is 2.10. The van der Waals surface area contributed by atoms with Gasteiger partial charge in [-0.15, -0.1) is 0 Å². The molecule has 1 aliphatic heterocycles. The van der Waals surface area contributed by atoms with Crippen LogP contribution in [-0.4, -0.2) is 45.8 Å². The van der Waals surface area contributed by atoms with Crippen molar-refractivity contribution in [3.63, 3.8) is 0 Å². The van der Waals surface area contributed by atoms with Crippen molar-refractivity contribution in [1.82, 2.24) is 10.6 Å². The van der Waals surface area contributed by atoms with E-state index in [4.69, 9.17) is 9.73 Å². The Balaban J connectivity index is 1.90. The summed E-state index contributed by atoms with van der Waals surface area (Å²) < 4.78 is 5.31. The number of hydrogen-bond acceptors (Lipinski definition) is 3. The minimum absolute atomic E-state index is 0.610. The maximum atomic E-state index is 5.31. The minimum Gasteiger partial charge on any atom is -0.497 e. The van der Waals surface area contributed by atoms with Crippen LogP contribution in [0.5, 0.6) is 5.75 Å². The second-order valence-electron chi connectivity index (χ2n) is 5.55. The molecule has 5 heteroatoms. The lowest BCUT2D eigenvalue weighted by Gasteiger charge is -2.19. The van der Waals surface area contributed by atoms with Gasteiger partial charge in [-0.2, -0.15) is 0 Å². The van der Waals surface area contributed by atoms with E-state index in [1.165, 1.54) is 12.1 Å². The van der Waals surface area contributed by atoms with Crippen molar-refractivity contribution in [3.05, 3.63) is 24.3 Å². The van der Waals surface area contributed by atoms with Crippen LogP contribution in [0.1, 0.15) is 20.3 Å². The van der Waals surface area contributed by atoms with Gasteiger partial charge < -0.3 is 20.3 Å². The molecule has 0 bridgehead atoms. The predicted molar refractivity (Wildman–Crippen MR) is 93.0 cm³/mol. The Morgan fingerprint density at radius 3 is 2.77 bits per heavy atom. The number of anilines is 1. The van der Waals surface area contributed by atoms with E-state index in [9.17, 15) is 0 Å². The molecule has 0 spiro atoms. The summed E-state index contributed by atoms with van der Waals surface area (Å²) in [6, 6.07) is 8.29. The molecule has 1 saturated heterocycles. The van der Waals surface area contributed by atoms with E-state index in [0.29, 0.717) is 5.92 Å². The number of benzene rings is 1. The monoisotopic (exact) mass is 304 g/mol. The molecular formula is C17H28N4O. The highest BCUT2D eigenvalue weighted by Crippen LogP contribution is 2.26. The van der Waals surface area contributed by atoms with E-state index in [2.05, 4.69) is 41.5 Å². The van der Waals surface area contributed by atoms with Gasteiger partial charge in [0.15, 0.2) is 5.96 Å². The molecule has 1 unspecified atom stereocenters. The molecule has 0 saturated carbocycles. The van der Waals surface area contributed by atoms with Crippen LogP contribution in [0, 0.1) is 5.92 Å². The molecule has 1 fully saturated rings. The molecule has 22 heavy (non-hydrogen) atoms. The van der Waals surface area contributed by atoms with E-state index in [1.54, 1.807) is 7.11 Å². The molecule has 5 nitrogen and oxygen atoms in total. The van der Waals surface area contributed by atoms with E-state index in [-0.39, 0.29) is 0 Å². The van der Waals surface area contributed by atoms with Crippen molar-refractivity contribution < 1.29 is 4.74 Å². The molecule has 122 valence electrons. The number of guanidine groups is 1. The van der Waals surface area contributed by atoms with Crippen LogP contribution in [0.25, 0.3) is 0 Å². The Hall–Kier alpha value is -1.91. The van der Waals surface area contributed by atoms with Gasteiger partial charge in [-0.3, -0.25) is 4.99 Å². The highest BCUT2D eigenvalue weighted by molar-refractivity contribution is 5.79. The summed E-state index contributed by atoms with van der Waals surface area (Å²) in [5.74, 6) is 2.45. The lowest BCUT2D eigenvalue weighted by Crippen LogP contribution is -2.37. The van der Waals surface area contributed by atoms with Crippen molar-refractivity contribution in [2.45, 2.75) is 20.3 Å². The highest BCUT2D eigenvalue weighted by Gasteiger charge is 2.22. The zero-order valence-electron chi connectivity index (χ0n) is 13.9. The number of nitrogens with zero attached hydrogens (tertiary/aromatic N) is 2. The van der Waals surface area contributed by atoms with Crippen LogP contribution in [0.4, 0.5) is 5.69 Å². The van der Waals surface area contributed by atoms with Crippen molar-refractivity contribution in [1.29, 1.82) is 0 Å².